The lowest BCUT2D eigenvalue weighted by molar-refractivity contribution is 0.254. The van der Waals surface area contributed by atoms with Crippen LogP contribution in [0.5, 0.6) is 5.75 Å². The summed E-state index contributed by atoms with van der Waals surface area (Å²) in [5.41, 5.74) is 0.597. The van der Waals surface area contributed by atoms with Crippen molar-refractivity contribution < 1.29 is 9.13 Å². The third kappa shape index (κ3) is 5.89. The van der Waals surface area contributed by atoms with Crippen LogP contribution in [-0.4, -0.2) is 61.9 Å². The van der Waals surface area contributed by atoms with Crippen molar-refractivity contribution in [3.05, 3.63) is 24.0 Å². The lowest BCUT2D eigenvalue weighted by Crippen LogP contribution is -2.53. The molecule has 4 rings (SSSR count). The summed E-state index contributed by atoms with van der Waals surface area (Å²) >= 11 is 0. The Morgan fingerprint density at radius 1 is 1.12 bits per heavy atom. The molecule has 0 bridgehead atoms. The predicted octanol–water partition coefficient (Wildman–Crippen LogP) is 2.84. The molecule has 176 valence electrons. The molecule has 0 aromatic heterocycles. The SMILES string of the molecule is CCN1CCCC1CNC1N=C(Nc2ccc(OC)c(F)c2)NC(NC2CCCCC2)=N1. The van der Waals surface area contributed by atoms with Crippen LogP contribution in [0.1, 0.15) is 51.9 Å². The van der Waals surface area contributed by atoms with Gasteiger partial charge in [-0.2, -0.15) is 0 Å². The summed E-state index contributed by atoms with van der Waals surface area (Å²) in [5.74, 6) is 1.05. The van der Waals surface area contributed by atoms with Gasteiger partial charge in [0.15, 0.2) is 11.6 Å². The summed E-state index contributed by atoms with van der Waals surface area (Å²) < 4.78 is 19.2. The van der Waals surface area contributed by atoms with E-state index in [0.717, 1.165) is 32.5 Å². The molecule has 3 aliphatic rings. The second-order valence-electron chi connectivity index (χ2n) is 8.74. The van der Waals surface area contributed by atoms with E-state index in [-0.39, 0.29) is 5.75 Å². The smallest absolute Gasteiger partial charge is 0.205 e. The molecule has 1 aromatic rings. The van der Waals surface area contributed by atoms with Crippen molar-refractivity contribution in [2.75, 3.05) is 32.1 Å². The zero-order valence-electron chi connectivity index (χ0n) is 19.2. The van der Waals surface area contributed by atoms with Gasteiger partial charge in [-0.15, -0.1) is 0 Å². The van der Waals surface area contributed by atoms with Crippen LogP contribution in [0, 0.1) is 5.82 Å². The van der Waals surface area contributed by atoms with Gasteiger partial charge in [0, 0.05) is 30.4 Å². The van der Waals surface area contributed by atoms with E-state index in [9.17, 15) is 4.39 Å². The Balaban J connectivity index is 1.44. The van der Waals surface area contributed by atoms with Crippen molar-refractivity contribution in [2.45, 2.75) is 70.2 Å². The molecule has 2 heterocycles. The highest BCUT2D eigenvalue weighted by Crippen LogP contribution is 2.21. The number of benzene rings is 1. The molecule has 1 aromatic carbocycles. The van der Waals surface area contributed by atoms with Crippen LogP contribution in [0.3, 0.4) is 0 Å². The molecule has 2 atom stereocenters. The fraction of sp³-hybridized carbons (Fsp3) is 0.652. The summed E-state index contributed by atoms with van der Waals surface area (Å²) in [6.07, 6.45) is 8.12. The summed E-state index contributed by atoms with van der Waals surface area (Å²) in [6, 6.07) is 5.71. The van der Waals surface area contributed by atoms with Gasteiger partial charge >= 0.3 is 0 Å². The van der Waals surface area contributed by atoms with E-state index in [1.807, 2.05) is 0 Å². The van der Waals surface area contributed by atoms with E-state index < -0.39 is 12.1 Å². The molecular weight excluding hydrogens is 409 g/mol. The molecule has 2 aliphatic heterocycles. The van der Waals surface area contributed by atoms with Gasteiger partial charge in [0.25, 0.3) is 0 Å². The maximum Gasteiger partial charge on any atom is 0.205 e. The van der Waals surface area contributed by atoms with Crippen molar-refractivity contribution in [1.82, 2.24) is 20.9 Å². The first-order chi connectivity index (χ1) is 15.6. The van der Waals surface area contributed by atoms with Crippen molar-refractivity contribution in [3.63, 3.8) is 0 Å². The number of guanidine groups is 2. The molecule has 8 nitrogen and oxygen atoms in total. The average Bonchev–Trinajstić information content (AvgIpc) is 3.26. The lowest BCUT2D eigenvalue weighted by atomic mass is 9.96. The third-order valence-corrected chi connectivity index (χ3v) is 6.54. The van der Waals surface area contributed by atoms with Gasteiger partial charge in [-0.1, -0.05) is 26.2 Å². The first-order valence-electron chi connectivity index (χ1n) is 11.9. The van der Waals surface area contributed by atoms with Gasteiger partial charge in [-0.25, -0.2) is 14.4 Å². The zero-order valence-corrected chi connectivity index (χ0v) is 19.2. The molecular formula is C23H36FN7O. The van der Waals surface area contributed by atoms with Crippen LogP contribution in [-0.2, 0) is 0 Å². The van der Waals surface area contributed by atoms with Crippen LogP contribution in [0.2, 0.25) is 0 Å². The van der Waals surface area contributed by atoms with Crippen molar-refractivity contribution in [2.24, 2.45) is 9.98 Å². The fourth-order valence-corrected chi connectivity index (χ4v) is 4.78. The number of rotatable bonds is 7. The van der Waals surface area contributed by atoms with Gasteiger partial charge in [0.05, 0.1) is 7.11 Å². The number of aliphatic imine (C=N–C) groups is 2. The topological polar surface area (TPSA) is 85.3 Å². The maximum atomic E-state index is 14.2. The zero-order chi connectivity index (χ0) is 22.3. The standard InChI is InChI=1S/C23H36FN7O/c1-3-31-13-7-10-18(31)15-25-21-28-22(26-16-8-5-4-6-9-16)30-23(29-21)27-17-11-12-20(32-2)19(24)14-17/h11-12,14,16,18,21,25H,3-10,13,15H2,1-2H3,(H3,26,27,28,29,30). The minimum Gasteiger partial charge on any atom is -0.494 e. The molecule has 2 fully saturated rings. The second-order valence-corrected chi connectivity index (χ2v) is 8.74. The van der Waals surface area contributed by atoms with Gasteiger partial charge in [0.1, 0.15) is 0 Å². The number of anilines is 1. The van der Waals surface area contributed by atoms with Crippen LogP contribution >= 0.6 is 0 Å². The first-order valence-corrected chi connectivity index (χ1v) is 11.9. The number of hydrogen-bond donors (Lipinski definition) is 4. The Hall–Kier alpha value is -2.39. The van der Waals surface area contributed by atoms with E-state index in [2.05, 4.69) is 38.1 Å². The molecule has 2 unspecified atom stereocenters. The Bertz CT molecular complexity index is 825. The number of ether oxygens (including phenoxy) is 1. The Morgan fingerprint density at radius 2 is 1.94 bits per heavy atom. The van der Waals surface area contributed by atoms with Crippen LogP contribution < -0.4 is 26.0 Å². The highest BCUT2D eigenvalue weighted by atomic mass is 19.1. The Labute approximate surface area is 190 Å². The van der Waals surface area contributed by atoms with E-state index in [4.69, 9.17) is 9.73 Å². The molecule has 0 radical (unpaired) electrons. The normalized spacial score (nSPS) is 24.5. The molecule has 0 amide bonds. The molecule has 1 aliphatic carbocycles. The van der Waals surface area contributed by atoms with Gasteiger partial charge < -0.3 is 15.4 Å². The number of likely N-dealkylation sites (tertiary alicyclic amines) is 1. The van der Waals surface area contributed by atoms with Crippen molar-refractivity contribution >= 4 is 17.6 Å². The van der Waals surface area contributed by atoms with Gasteiger partial charge in [-0.3, -0.25) is 15.5 Å². The fourth-order valence-electron chi connectivity index (χ4n) is 4.78. The highest BCUT2D eigenvalue weighted by molar-refractivity contribution is 6.06. The van der Waals surface area contributed by atoms with Gasteiger partial charge in [0.2, 0.25) is 18.2 Å². The number of halogens is 1. The van der Waals surface area contributed by atoms with Crippen LogP contribution in [0.15, 0.2) is 28.2 Å². The number of methoxy groups -OCH3 is 1. The summed E-state index contributed by atoms with van der Waals surface area (Å²) in [7, 11) is 1.46. The lowest BCUT2D eigenvalue weighted by Gasteiger charge is -2.29. The molecule has 1 saturated carbocycles. The van der Waals surface area contributed by atoms with E-state index in [0.29, 0.717) is 29.7 Å². The minimum atomic E-state index is -0.418. The summed E-state index contributed by atoms with van der Waals surface area (Å²) in [6.45, 7) is 5.27. The Kier molecular flexibility index (Phi) is 7.81. The number of nitrogens with zero attached hydrogens (tertiary/aromatic N) is 3. The average molecular weight is 446 g/mol. The maximum absolute atomic E-state index is 14.2. The van der Waals surface area contributed by atoms with E-state index in [1.54, 1.807) is 12.1 Å². The molecule has 9 heteroatoms. The molecule has 32 heavy (non-hydrogen) atoms. The third-order valence-electron chi connectivity index (χ3n) is 6.54. The van der Waals surface area contributed by atoms with E-state index >= 15 is 0 Å². The molecule has 1 saturated heterocycles. The van der Waals surface area contributed by atoms with E-state index in [1.165, 1.54) is 45.3 Å². The molecule has 0 spiro atoms. The monoisotopic (exact) mass is 445 g/mol. The molecule has 4 N–H and O–H groups in total. The quantitative estimate of drug-likeness (QED) is 0.517. The van der Waals surface area contributed by atoms with Crippen LogP contribution in [0.4, 0.5) is 10.1 Å². The second kappa shape index (κ2) is 11.0. The number of likely N-dealkylation sites (N-methyl/N-ethyl adjacent to an activating group) is 1. The first kappa shape index (κ1) is 22.8. The largest absolute Gasteiger partial charge is 0.494 e. The van der Waals surface area contributed by atoms with Crippen LogP contribution in [0.25, 0.3) is 0 Å². The Morgan fingerprint density at radius 3 is 2.69 bits per heavy atom. The highest BCUT2D eigenvalue weighted by Gasteiger charge is 2.25. The van der Waals surface area contributed by atoms with Crippen molar-refractivity contribution in [3.8, 4) is 5.75 Å². The summed E-state index contributed by atoms with van der Waals surface area (Å²) in [4.78, 5) is 12.0. The number of hydrogen-bond acceptors (Lipinski definition) is 8. The summed E-state index contributed by atoms with van der Waals surface area (Å²) in [5, 5.41) is 13.5. The predicted molar refractivity (Wildman–Crippen MR) is 127 cm³/mol. The van der Waals surface area contributed by atoms with Gasteiger partial charge in [-0.05, 0) is 50.9 Å². The van der Waals surface area contributed by atoms with Crippen molar-refractivity contribution in [1.29, 1.82) is 0 Å². The number of nitrogens with one attached hydrogen (secondary N) is 4. The minimum absolute atomic E-state index is 0.215.